The van der Waals surface area contributed by atoms with Crippen molar-refractivity contribution >= 4 is 5.97 Å². The van der Waals surface area contributed by atoms with Gasteiger partial charge >= 0.3 is 5.97 Å². The number of aliphatic hydroxyl groups excluding tert-OH is 1. The summed E-state index contributed by atoms with van der Waals surface area (Å²) in [5.74, 6) is 1.16. The zero-order chi connectivity index (χ0) is 33.2. The number of esters is 1. The van der Waals surface area contributed by atoms with Gasteiger partial charge in [0.05, 0.1) is 36.6 Å². The predicted octanol–water partition coefficient (Wildman–Crippen LogP) is 5.57. The summed E-state index contributed by atoms with van der Waals surface area (Å²) < 4.78 is 25.5. The molecule has 2 spiro atoms. The van der Waals surface area contributed by atoms with E-state index in [0.29, 0.717) is 23.7 Å². The number of ether oxygens (including phenoxy) is 4. The van der Waals surface area contributed by atoms with E-state index >= 15 is 0 Å². The van der Waals surface area contributed by atoms with E-state index in [1.807, 2.05) is 0 Å². The maximum atomic E-state index is 12.5. The van der Waals surface area contributed by atoms with Crippen molar-refractivity contribution in [1.82, 2.24) is 4.90 Å². The maximum absolute atomic E-state index is 12.5. The van der Waals surface area contributed by atoms with E-state index in [9.17, 15) is 15.0 Å². The number of aliphatic hydroxyl groups is 2. The molecule has 8 heteroatoms. The van der Waals surface area contributed by atoms with Gasteiger partial charge in [-0.25, -0.2) is 0 Å². The molecule has 0 aromatic heterocycles. The molecule has 14 atom stereocenters. The second-order valence-electron chi connectivity index (χ2n) is 18.6. The van der Waals surface area contributed by atoms with Crippen LogP contribution in [0, 0.1) is 50.7 Å². The highest BCUT2D eigenvalue weighted by Crippen LogP contribution is 2.89. The Labute approximate surface area is 277 Å². The molecule has 5 aliphatic carbocycles. The average molecular weight is 646 g/mol. The molecule has 262 valence electrons. The van der Waals surface area contributed by atoms with Crippen LogP contribution >= 0.6 is 0 Å². The minimum absolute atomic E-state index is 0.0427. The van der Waals surface area contributed by atoms with Crippen LogP contribution in [0.15, 0.2) is 0 Å². The van der Waals surface area contributed by atoms with E-state index in [1.54, 1.807) is 13.8 Å². The second kappa shape index (κ2) is 10.9. The zero-order valence-electron chi connectivity index (χ0n) is 30.1. The van der Waals surface area contributed by atoms with Gasteiger partial charge in [-0.2, -0.15) is 0 Å². The van der Waals surface area contributed by atoms with Crippen LogP contribution in [0.2, 0.25) is 0 Å². The quantitative estimate of drug-likeness (QED) is 0.362. The Morgan fingerprint density at radius 2 is 1.76 bits per heavy atom. The summed E-state index contributed by atoms with van der Waals surface area (Å²) in [4.78, 5) is 14.5. The highest BCUT2D eigenvalue weighted by atomic mass is 16.7. The third-order valence-electron chi connectivity index (χ3n) is 16.0. The number of carbonyl (C=O) groups is 1. The normalized spacial score (nSPS) is 51.9. The Morgan fingerprint density at radius 1 is 1.07 bits per heavy atom. The predicted molar refractivity (Wildman–Crippen MR) is 175 cm³/mol. The maximum Gasteiger partial charge on any atom is 0.303 e. The molecule has 8 nitrogen and oxygen atoms in total. The summed E-state index contributed by atoms with van der Waals surface area (Å²) in [5, 5.41) is 23.6. The van der Waals surface area contributed by atoms with E-state index in [0.717, 1.165) is 45.5 Å². The molecule has 0 unspecified atom stereocenters. The molecule has 5 saturated carbocycles. The summed E-state index contributed by atoms with van der Waals surface area (Å²) in [5.41, 5.74) is -0.876. The molecule has 0 aromatic rings. The third kappa shape index (κ3) is 4.48. The molecular formula is C38H63NO7. The van der Waals surface area contributed by atoms with Crippen molar-refractivity contribution in [2.24, 2.45) is 50.7 Å². The molecule has 0 bridgehead atoms. The van der Waals surface area contributed by atoms with Crippen LogP contribution in [0.25, 0.3) is 0 Å². The van der Waals surface area contributed by atoms with Gasteiger partial charge in [-0.05, 0) is 117 Å². The van der Waals surface area contributed by atoms with E-state index in [4.69, 9.17) is 18.9 Å². The van der Waals surface area contributed by atoms with Crippen molar-refractivity contribution in [1.29, 1.82) is 0 Å². The molecule has 0 radical (unpaired) electrons. The minimum Gasteiger partial charge on any atom is -0.457 e. The van der Waals surface area contributed by atoms with Crippen LogP contribution in [-0.2, 0) is 23.7 Å². The zero-order valence-corrected chi connectivity index (χ0v) is 30.1. The molecule has 7 fully saturated rings. The monoisotopic (exact) mass is 645 g/mol. The highest BCUT2D eigenvalue weighted by molar-refractivity contribution is 5.66. The Morgan fingerprint density at radius 3 is 2.43 bits per heavy atom. The number of hydrogen-bond acceptors (Lipinski definition) is 8. The fourth-order valence-electron chi connectivity index (χ4n) is 13.8. The summed E-state index contributed by atoms with van der Waals surface area (Å²) in [6.07, 6.45) is 6.90. The Kier molecular flexibility index (Phi) is 7.96. The van der Waals surface area contributed by atoms with Gasteiger partial charge in [0.25, 0.3) is 0 Å². The molecular weight excluding hydrogens is 582 g/mol. The van der Waals surface area contributed by atoms with Crippen molar-refractivity contribution in [3.05, 3.63) is 0 Å². The van der Waals surface area contributed by atoms with Gasteiger partial charge in [-0.15, -0.1) is 0 Å². The lowest BCUT2D eigenvalue weighted by Crippen LogP contribution is -2.60. The van der Waals surface area contributed by atoms with Gasteiger partial charge in [-0.1, -0.05) is 41.5 Å². The lowest BCUT2D eigenvalue weighted by atomic mass is 9.41. The van der Waals surface area contributed by atoms with Crippen LogP contribution in [0.4, 0.5) is 0 Å². The Balaban J connectivity index is 1.14. The van der Waals surface area contributed by atoms with E-state index in [-0.39, 0.29) is 52.0 Å². The molecule has 2 N–H and O–H groups in total. The largest absolute Gasteiger partial charge is 0.457 e. The smallest absolute Gasteiger partial charge is 0.303 e. The summed E-state index contributed by atoms with van der Waals surface area (Å²) in [7, 11) is 0. The van der Waals surface area contributed by atoms with E-state index in [2.05, 4.69) is 46.4 Å². The van der Waals surface area contributed by atoms with Crippen molar-refractivity contribution in [3.63, 3.8) is 0 Å². The Hall–Kier alpha value is -0.770. The van der Waals surface area contributed by atoms with Gasteiger partial charge in [0, 0.05) is 25.4 Å². The molecule has 46 heavy (non-hydrogen) atoms. The van der Waals surface area contributed by atoms with Gasteiger partial charge in [0.15, 0.2) is 12.4 Å². The standard InChI is InChI=1S/C38H63NO7/c1-10-39-17-18-43-28(20-39)46-27-13-14-37-21-38(37)16-15-35(8)29-22(2)19-24(32(34(6,7)42)44-23(3)40)45-30(29)31(41)36(35,9)26(38)12-11-25(37)33(27,4)5/h22,24-32,41-42H,10-21H2,1-9H3/t22-,24-,25+,26+,27+,28+,29+,30+,31+,32+,35-,36-,37-,38+/m1/s1. The van der Waals surface area contributed by atoms with Crippen LogP contribution in [-0.4, -0.2) is 89.7 Å². The molecule has 2 saturated heterocycles. The molecule has 2 heterocycles. The fourth-order valence-corrected chi connectivity index (χ4v) is 13.8. The first kappa shape index (κ1) is 33.7. The van der Waals surface area contributed by atoms with Crippen LogP contribution < -0.4 is 0 Å². The van der Waals surface area contributed by atoms with Crippen molar-refractivity contribution in [2.75, 3.05) is 26.2 Å². The number of nitrogens with zero attached hydrogens (tertiary/aromatic N) is 1. The van der Waals surface area contributed by atoms with E-state index in [1.165, 1.54) is 32.6 Å². The van der Waals surface area contributed by atoms with Crippen molar-refractivity contribution in [3.8, 4) is 0 Å². The first-order valence-electron chi connectivity index (χ1n) is 18.7. The second-order valence-corrected chi connectivity index (χ2v) is 18.6. The van der Waals surface area contributed by atoms with Crippen LogP contribution in [0.5, 0.6) is 0 Å². The summed E-state index contributed by atoms with van der Waals surface area (Å²) >= 11 is 0. The SMILES string of the molecule is CCN1CCO[C@@H](O[C@H]2CC[C@]34C[C@]35CC[C@]3(C)[C@@H]6[C@H](O[C@@H]([C@H](OC(C)=O)C(C)(C)O)C[C@H]6C)[C@H](O)[C@@]3(C)[C@@H]5CC[C@H]4C2(C)C)C1. The van der Waals surface area contributed by atoms with Crippen molar-refractivity contribution in [2.45, 2.75) is 156 Å². The lowest BCUT2D eigenvalue weighted by Gasteiger charge is -2.64. The fraction of sp³-hybridized carbons (Fsp3) is 0.974. The van der Waals surface area contributed by atoms with Crippen LogP contribution in [0.3, 0.4) is 0 Å². The molecule has 2 aliphatic heterocycles. The number of likely N-dealkylation sites (N-methyl/N-ethyl adjacent to an activating group) is 1. The van der Waals surface area contributed by atoms with Gasteiger partial charge in [0.1, 0.15) is 0 Å². The summed E-state index contributed by atoms with van der Waals surface area (Å²) in [6, 6.07) is 0. The summed E-state index contributed by atoms with van der Waals surface area (Å²) in [6.45, 7) is 22.7. The molecule has 0 aromatic carbocycles. The van der Waals surface area contributed by atoms with E-state index < -0.39 is 29.9 Å². The number of hydrogen-bond donors (Lipinski definition) is 2. The average Bonchev–Trinajstić information content (AvgIpc) is 3.61. The number of morpholine rings is 1. The number of rotatable bonds is 6. The lowest BCUT2D eigenvalue weighted by molar-refractivity contribution is -0.248. The topological polar surface area (TPSA) is 97.7 Å². The number of fused-ring (bicyclic) bond motifs is 4. The van der Waals surface area contributed by atoms with Gasteiger partial charge in [0.2, 0.25) is 0 Å². The van der Waals surface area contributed by atoms with Crippen LogP contribution in [0.1, 0.15) is 114 Å². The third-order valence-corrected chi connectivity index (χ3v) is 16.0. The first-order chi connectivity index (χ1) is 21.5. The van der Waals surface area contributed by atoms with Crippen molar-refractivity contribution < 1.29 is 34.0 Å². The molecule has 7 aliphatic rings. The van der Waals surface area contributed by atoms with Gasteiger partial charge in [-0.3, -0.25) is 9.69 Å². The molecule has 0 amide bonds. The number of carbonyl (C=O) groups excluding carboxylic acids is 1. The minimum atomic E-state index is -1.25. The highest BCUT2D eigenvalue weighted by Gasteiger charge is 2.84. The van der Waals surface area contributed by atoms with Gasteiger partial charge < -0.3 is 29.2 Å². The molecule has 7 rings (SSSR count). The first-order valence-corrected chi connectivity index (χ1v) is 18.7. The Bertz CT molecular complexity index is 1200.